The topological polar surface area (TPSA) is 17.1 Å². The van der Waals surface area contributed by atoms with Gasteiger partial charge in [0.25, 0.3) is 0 Å². The average Bonchev–Trinajstić information content (AvgIpc) is 2.02. The van der Waals surface area contributed by atoms with Crippen LogP contribution in [0.15, 0.2) is 0 Å². The van der Waals surface area contributed by atoms with Crippen molar-refractivity contribution in [1.82, 2.24) is 0 Å². The second-order valence-electron chi connectivity index (χ2n) is 5.11. The third-order valence-electron chi connectivity index (χ3n) is 3.59. The molecule has 0 N–H and O–H groups in total. The van der Waals surface area contributed by atoms with Gasteiger partial charge in [-0.25, -0.2) is 0 Å². The molecule has 1 saturated carbocycles. The molecule has 12 heavy (non-hydrogen) atoms. The standard InChI is InChI=1S/C11H20O/c1-7(2)10-9(12)6-8(3)11(10,4)5/h7-8,10H,6H2,1-5H3. The molecule has 0 bridgehead atoms. The fraction of sp³-hybridized carbons (Fsp3) is 0.909. The SMILES string of the molecule is CC(C)C1C(=O)CC(C)C1(C)C. The van der Waals surface area contributed by atoms with E-state index in [0.29, 0.717) is 17.6 Å². The third kappa shape index (κ3) is 1.30. The van der Waals surface area contributed by atoms with Crippen molar-refractivity contribution in [2.75, 3.05) is 0 Å². The molecule has 1 heteroatoms. The summed E-state index contributed by atoms with van der Waals surface area (Å²) in [4.78, 5) is 11.6. The summed E-state index contributed by atoms with van der Waals surface area (Å²) < 4.78 is 0. The highest BCUT2D eigenvalue weighted by molar-refractivity contribution is 5.84. The Kier molecular flexibility index (Phi) is 2.33. The maximum absolute atomic E-state index is 11.6. The lowest BCUT2D eigenvalue weighted by molar-refractivity contribution is -0.123. The Balaban J connectivity index is 2.91. The van der Waals surface area contributed by atoms with Crippen LogP contribution < -0.4 is 0 Å². The molecule has 0 amide bonds. The average molecular weight is 168 g/mol. The van der Waals surface area contributed by atoms with Gasteiger partial charge in [0.15, 0.2) is 0 Å². The molecule has 0 saturated heterocycles. The van der Waals surface area contributed by atoms with Crippen molar-refractivity contribution in [1.29, 1.82) is 0 Å². The van der Waals surface area contributed by atoms with E-state index in [1.165, 1.54) is 0 Å². The van der Waals surface area contributed by atoms with Crippen LogP contribution in [-0.4, -0.2) is 5.78 Å². The minimum Gasteiger partial charge on any atom is -0.299 e. The molecule has 1 fully saturated rings. The predicted molar refractivity (Wildman–Crippen MR) is 50.9 cm³/mol. The molecule has 0 aliphatic heterocycles. The quantitative estimate of drug-likeness (QED) is 0.588. The largest absolute Gasteiger partial charge is 0.299 e. The molecule has 0 heterocycles. The molecule has 1 nitrogen and oxygen atoms in total. The third-order valence-corrected chi connectivity index (χ3v) is 3.59. The van der Waals surface area contributed by atoms with Crippen LogP contribution in [0.4, 0.5) is 0 Å². The van der Waals surface area contributed by atoms with Crippen LogP contribution in [0.25, 0.3) is 0 Å². The number of hydrogen-bond acceptors (Lipinski definition) is 1. The summed E-state index contributed by atoms with van der Waals surface area (Å²) in [5.41, 5.74) is 0.214. The Labute approximate surface area is 75.5 Å². The Morgan fingerprint density at radius 1 is 1.42 bits per heavy atom. The van der Waals surface area contributed by atoms with Crippen molar-refractivity contribution in [3.05, 3.63) is 0 Å². The summed E-state index contributed by atoms with van der Waals surface area (Å²) in [6, 6.07) is 0. The molecule has 0 aromatic rings. The zero-order valence-electron chi connectivity index (χ0n) is 8.85. The van der Waals surface area contributed by atoms with Gasteiger partial charge in [0.1, 0.15) is 5.78 Å². The summed E-state index contributed by atoms with van der Waals surface area (Å²) in [7, 11) is 0. The van der Waals surface area contributed by atoms with Crippen molar-refractivity contribution >= 4 is 5.78 Å². The fourth-order valence-corrected chi connectivity index (χ4v) is 2.64. The maximum Gasteiger partial charge on any atom is 0.137 e. The minimum absolute atomic E-state index is 0.214. The number of ketones is 1. The van der Waals surface area contributed by atoms with Gasteiger partial charge in [0.05, 0.1) is 0 Å². The van der Waals surface area contributed by atoms with Crippen LogP contribution in [0.5, 0.6) is 0 Å². The summed E-state index contributed by atoms with van der Waals surface area (Å²) in [5.74, 6) is 1.81. The Hall–Kier alpha value is -0.330. The molecular weight excluding hydrogens is 148 g/mol. The molecule has 70 valence electrons. The molecule has 0 radical (unpaired) electrons. The molecule has 0 aromatic heterocycles. The first kappa shape index (κ1) is 9.76. The van der Waals surface area contributed by atoms with Crippen molar-refractivity contribution < 1.29 is 4.79 Å². The van der Waals surface area contributed by atoms with Gasteiger partial charge in [-0.15, -0.1) is 0 Å². The van der Waals surface area contributed by atoms with Gasteiger partial charge in [-0.1, -0.05) is 34.6 Å². The predicted octanol–water partition coefficient (Wildman–Crippen LogP) is 2.89. The first-order valence-electron chi connectivity index (χ1n) is 4.90. The summed E-state index contributed by atoms with van der Waals surface area (Å²) >= 11 is 0. The van der Waals surface area contributed by atoms with E-state index in [9.17, 15) is 4.79 Å². The number of hydrogen-bond donors (Lipinski definition) is 0. The summed E-state index contributed by atoms with van der Waals surface area (Å²) in [6.07, 6.45) is 0.788. The minimum atomic E-state index is 0.214. The Bertz CT molecular complexity index is 191. The van der Waals surface area contributed by atoms with Gasteiger partial charge in [-0.05, 0) is 17.3 Å². The van der Waals surface area contributed by atoms with Crippen LogP contribution in [0.1, 0.15) is 41.0 Å². The molecular formula is C11H20O. The van der Waals surface area contributed by atoms with Gasteiger partial charge in [0.2, 0.25) is 0 Å². The lowest BCUT2D eigenvalue weighted by Gasteiger charge is -2.32. The van der Waals surface area contributed by atoms with Gasteiger partial charge in [-0.2, -0.15) is 0 Å². The molecule has 1 aliphatic rings. The van der Waals surface area contributed by atoms with E-state index in [1.54, 1.807) is 0 Å². The van der Waals surface area contributed by atoms with E-state index in [4.69, 9.17) is 0 Å². The maximum atomic E-state index is 11.6. The summed E-state index contributed by atoms with van der Waals surface area (Å²) in [5, 5.41) is 0. The van der Waals surface area contributed by atoms with E-state index in [0.717, 1.165) is 6.42 Å². The summed E-state index contributed by atoms with van der Waals surface area (Å²) in [6.45, 7) is 11.0. The van der Waals surface area contributed by atoms with Gasteiger partial charge >= 0.3 is 0 Å². The fourth-order valence-electron chi connectivity index (χ4n) is 2.64. The second kappa shape index (κ2) is 2.86. The zero-order valence-corrected chi connectivity index (χ0v) is 8.85. The second-order valence-corrected chi connectivity index (χ2v) is 5.11. The smallest absolute Gasteiger partial charge is 0.137 e. The molecule has 0 aromatic carbocycles. The molecule has 2 atom stereocenters. The lowest BCUT2D eigenvalue weighted by Crippen LogP contribution is -2.29. The van der Waals surface area contributed by atoms with Crippen LogP contribution >= 0.6 is 0 Å². The highest BCUT2D eigenvalue weighted by Crippen LogP contribution is 2.47. The van der Waals surface area contributed by atoms with Crippen LogP contribution in [-0.2, 0) is 4.79 Å². The first-order valence-corrected chi connectivity index (χ1v) is 4.90. The van der Waals surface area contributed by atoms with E-state index in [-0.39, 0.29) is 11.3 Å². The van der Waals surface area contributed by atoms with E-state index in [2.05, 4.69) is 34.6 Å². The van der Waals surface area contributed by atoms with E-state index in [1.807, 2.05) is 0 Å². The number of rotatable bonds is 1. The van der Waals surface area contributed by atoms with Gasteiger partial charge in [0, 0.05) is 12.3 Å². The normalized spacial score (nSPS) is 34.7. The van der Waals surface area contributed by atoms with Gasteiger partial charge in [-0.3, -0.25) is 4.79 Å². The van der Waals surface area contributed by atoms with Crippen LogP contribution in [0.3, 0.4) is 0 Å². The highest BCUT2D eigenvalue weighted by atomic mass is 16.1. The monoisotopic (exact) mass is 168 g/mol. The number of carbonyl (C=O) groups excluding carboxylic acids is 1. The van der Waals surface area contributed by atoms with Crippen molar-refractivity contribution in [2.45, 2.75) is 41.0 Å². The lowest BCUT2D eigenvalue weighted by atomic mass is 9.71. The molecule has 1 rings (SSSR count). The molecule has 2 unspecified atom stereocenters. The van der Waals surface area contributed by atoms with Crippen molar-refractivity contribution in [3.8, 4) is 0 Å². The van der Waals surface area contributed by atoms with E-state index >= 15 is 0 Å². The number of Topliss-reactive ketones (excluding diaryl/α,β-unsaturated/α-hetero) is 1. The highest BCUT2D eigenvalue weighted by Gasteiger charge is 2.47. The Morgan fingerprint density at radius 2 is 1.92 bits per heavy atom. The number of carbonyl (C=O) groups is 1. The van der Waals surface area contributed by atoms with Crippen LogP contribution in [0, 0.1) is 23.2 Å². The van der Waals surface area contributed by atoms with Crippen LogP contribution in [0.2, 0.25) is 0 Å². The Morgan fingerprint density at radius 3 is 2.08 bits per heavy atom. The first-order chi connectivity index (χ1) is 5.37. The van der Waals surface area contributed by atoms with Gasteiger partial charge < -0.3 is 0 Å². The zero-order chi connectivity index (χ0) is 9.52. The molecule has 0 spiro atoms. The van der Waals surface area contributed by atoms with Crippen molar-refractivity contribution in [2.24, 2.45) is 23.2 Å². The molecule has 1 aliphatic carbocycles. The van der Waals surface area contributed by atoms with Crippen molar-refractivity contribution in [3.63, 3.8) is 0 Å². The van der Waals surface area contributed by atoms with E-state index < -0.39 is 0 Å².